The molecular weight excluding hydrogens is 977 g/mol. The van der Waals surface area contributed by atoms with Crippen LogP contribution >= 0.6 is 0 Å². The monoisotopic (exact) mass is 1030 g/mol. The van der Waals surface area contributed by atoms with E-state index in [9.17, 15) is 9.59 Å². The van der Waals surface area contributed by atoms with Crippen molar-refractivity contribution in [2.75, 3.05) is 6.61 Å². The third-order valence-corrected chi connectivity index (χ3v) is 12.6. The van der Waals surface area contributed by atoms with Crippen LogP contribution in [-0.4, -0.2) is 31.1 Å². The van der Waals surface area contributed by atoms with Gasteiger partial charge in [0.1, 0.15) is 56.4 Å². The summed E-state index contributed by atoms with van der Waals surface area (Å²) in [6, 6.07) is 59.4. The molecule has 0 amide bonds. The van der Waals surface area contributed by atoms with Crippen molar-refractivity contribution in [3.63, 3.8) is 0 Å². The van der Waals surface area contributed by atoms with E-state index in [1.54, 1.807) is 20.8 Å². The topological polar surface area (TPSA) is 136 Å². The van der Waals surface area contributed by atoms with Gasteiger partial charge in [0.15, 0.2) is 29.1 Å². The number of carbonyl (C=O) groups excluding carboxylic acids is 2. The molecule has 0 N–H and O–H groups in total. The lowest BCUT2D eigenvalue weighted by Crippen LogP contribution is -2.35. The maximum Gasteiger partial charge on any atom is 0.361 e. The lowest BCUT2D eigenvalue weighted by Gasteiger charge is -2.35. The van der Waals surface area contributed by atoms with Crippen molar-refractivity contribution in [2.45, 2.75) is 78.9 Å². The number of hydrogen-bond acceptors (Lipinski definition) is 13. The Bertz CT molecular complexity index is 3180. The first kappa shape index (κ1) is 51.5. The zero-order valence-corrected chi connectivity index (χ0v) is 43.0. The predicted octanol–water partition coefficient (Wildman–Crippen LogP) is 13.1. The lowest BCUT2D eigenvalue weighted by atomic mass is 9.93. The maximum absolute atomic E-state index is 14.9. The van der Waals surface area contributed by atoms with Gasteiger partial charge in [-0.25, -0.2) is 4.79 Å². The lowest BCUT2D eigenvalue weighted by molar-refractivity contribution is -0.174. The van der Waals surface area contributed by atoms with Crippen molar-refractivity contribution in [1.82, 2.24) is 0 Å². The minimum atomic E-state index is -1.13. The largest absolute Gasteiger partial charge is 0.489 e. The molecule has 0 spiro atoms. The summed E-state index contributed by atoms with van der Waals surface area (Å²) in [6.45, 7) is 5.46. The minimum absolute atomic E-state index is 0.0224. The van der Waals surface area contributed by atoms with Crippen LogP contribution in [0.25, 0.3) is 0 Å². The number of fused-ring (bicyclic) bond motifs is 2. The number of rotatable bonds is 22. The SMILES string of the molecule is CCOC1Oc2cc(C(=O)O[C@@H]3Cc4c(OCc5ccccc5)cc(OCc5ccccc5)cc4O[C@@H]3c3cc(OCc4ccccc4)c(OCc4ccccc4)c(OCc4ccccc4)c3)cc(OC(=O)C(C)C)c2O1. The van der Waals surface area contributed by atoms with Crippen LogP contribution in [0.3, 0.4) is 0 Å². The smallest absolute Gasteiger partial charge is 0.361 e. The van der Waals surface area contributed by atoms with Crippen LogP contribution in [0.2, 0.25) is 0 Å². The van der Waals surface area contributed by atoms with Crippen LogP contribution < -0.4 is 42.6 Å². The van der Waals surface area contributed by atoms with Gasteiger partial charge in [-0.15, -0.1) is 0 Å². The van der Waals surface area contributed by atoms with E-state index in [4.69, 9.17) is 52.1 Å². The van der Waals surface area contributed by atoms with Crippen molar-refractivity contribution in [2.24, 2.45) is 5.92 Å². The van der Waals surface area contributed by atoms with Crippen LogP contribution in [0.5, 0.6) is 51.7 Å². The van der Waals surface area contributed by atoms with Crippen LogP contribution in [0, 0.1) is 5.92 Å². The molecule has 13 heteroatoms. The van der Waals surface area contributed by atoms with Gasteiger partial charge in [-0.2, -0.15) is 0 Å². The van der Waals surface area contributed by atoms with Crippen LogP contribution in [-0.2, 0) is 53.7 Å². The van der Waals surface area contributed by atoms with E-state index in [0.717, 1.165) is 27.8 Å². The van der Waals surface area contributed by atoms with Crippen molar-refractivity contribution in [3.05, 3.63) is 233 Å². The summed E-state index contributed by atoms with van der Waals surface area (Å²) in [4.78, 5) is 28.0. The van der Waals surface area contributed by atoms with Crippen LogP contribution in [0.15, 0.2) is 188 Å². The molecule has 13 nitrogen and oxygen atoms in total. The van der Waals surface area contributed by atoms with Gasteiger partial charge >= 0.3 is 18.4 Å². The fraction of sp³-hybridized carbons (Fsp3) is 0.219. The summed E-state index contributed by atoms with van der Waals surface area (Å²) in [6.07, 6.45) is -1.92. The molecule has 2 aliphatic heterocycles. The number of ether oxygens (including phenoxy) is 11. The normalized spacial score (nSPS) is 15.1. The summed E-state index contributed by atoms with van der Waals surface area (Å²) in [5, 5.41) is 0. The molecule has 8 aromatic rings. The second-order valence-electron chi connectivity index (χ2n) is 18.7. The Morgan fingerprint density at radius 3 is 1.52 bits per heavy atom. The van der Waals surface area contributed by atoms with Crippen LogP contribution in [0.4, 0.5) is 0 Å². The second-order valence-corrected chi connectivity index (χ2v) is 18.7. The highest BCUT2D eigenvalue weighted by molar-refractivity contribution is 5.92. The van der Waals surface area contributed by atoms with Crippen molar-refractivity contribution >= 4 is 11.9 Å². The molecule has 0 radical (unpaired) electrons. The van der Waals surface area contributed by atoms with Crippen molar-refractivity contribution < 1.29 is 61.7 Å². The number of esters is 2. The van der Waals surface area contributed by atoms with E-state index >= 15 is 0 Å². The molecule has 2 aliphatic rings. The van der Waals surface area contributed by atoms with Crippen LogP contribution in [0.1, 0.15) is 76.2 Å². The van der Waals surface area contributed by atoms with Gasteiger partial charge in [0.25, 0.3) is 0 Å². The first-order valence-corrected chi connectivity index (χ1v) is 25.6. The average Bonchev–Trinajstić information content (AvgIpc) is 3.89. The van der Waals surface area contributed by atoms with E-state index in [0.29, 0.717) is 45.6 Å². The van der Waals surface area contributed by atoms with E-state index in [2.05, 4.69) is 0 Å². The minimum Gasteiger partial charge on any atom is -0.489 e. The number of carbonyl (C=O) groups is 2. The van der Waals surface area contributed by atoms with Gasteiger partial charge in [0, 0.05) is 29.7 Å². The standard InChI is InChI=1S/C64H58O13/c1-4-67-64-76-57-33-49(32-56(61(57)77-64)74-62(65)42(2)3)63(66)75-58-36-51-52(69-38-44-22-12-6-13-23-44)34-50(68-37-43-20-10-5-11-21-43)35-53(51)73-59(58)48-30-54(70-39-45-24-14-7-15-25-45)60(72-41-47-28-18-9-19-29-47)55(31-48)71-40-46-26-16-8-17-27-46/h5-35,42,58-59,64H,4,36-41H2,1-3H3/t58-,59-,64?/m1/s1. The van der Waals surface area contributed by atoms with E-state index in [-0.39, 0.29) is 68.9 Å². The molecule has 0 bridgehead atoms. The van der Waals surface area contributed by atoms with Crippen molar-refractivity contribution in [1.29, 1.82) is 0 Å². The Labute approximate surface area is 447 Å². The predicted molar refractivity (Wildman–Crippen MR) is 287 cm³/mol. The Hall–Kier alpha value is -8.94. The Morgan fingerprint density at radius 1 is 0.519 bits per heavy atom. The van der Waals surface area contributed by atoms with Gasteiger partial charge in [-0.1, -0.05) is 166 Å². The molecule has 1 unspecified atom stereocenters. The summed E-state index contributed by atoms with van der Waals surface area (Å²) in [5.41, 5.74) is 5.92. The van der Waals surface area contributed by atoms with Gasteiger partial charge in [0.05, 0.1) is 18.1 Å². The molecule has 0 aliphatic carbocycles. The Balaban J connectivity index is 1.09. The molecule has 3 atom stereocenters. The molecule has 8 aromatic carbocycles. The Morgan fingerprint density at radius 2 is 1.01 bits per heavy atom. The fourth-order valence-corrected chi connectivity index (χ4v) is 8.65. The molecule has 0 saturated carbocycles. The first-order chi connectivity index (χ1) is 37.7. The summed E-state index contributed by atoms with van der Waals surface area (Å²) in [5.74, 6) is 0.969. The summed E-state index contributed by atoms with van der Waals surface area (Å²) in [7, 11) is 0. The fourth-order valence-electron chi connectivity index (χ4n) is 8.65. The van der Waals surface area contributed by atoms with E-state index < -0.39 is 36.5 Å². The highest BCUT2D eigenvalue weighted by atomic mass is 16.9. The molecule has 0 aromatic heterocycles. The maximum atomic E-state index is 14.9. The van der Waals surface area contributed by atoms with Crippen molar-refractivity contribution in [3.8, 4) is 51.7 Å². The molecule has 392 valence electrons. The Kier molecular flexibility index (Phi) is 16.5. The molecule has 2 heterocycles. The van der Waals surface area contributed by atoms with Gasteiger partial charge in [-0.3, -0.25) is 4.79 Å². The molecular formula is C64H58O13. The third kappa shape index (κ3) is 13.1. The molecule has 0 saturated heterocycles. The number of hydrogen-bond donors (Lipinski definition) is 0. The average molecular weight is 1040 g/mol. The van der Waals surface area contributed by atoms with E-state index in [1.165, 1.54) is 12.1 Å². The second kappa shape index (κ2) is 24.6. The molecule has 77 heavy (non-hydrogen) atoms. The van der Waals surface area contributed by atoms with E-state index in [1.807, 2.05) is 176 Å². The highest BCUT2D eigenvalue weighted by Crippen LogP contribution is 2.49. The van der Waals surface area contributed by atoms with Gasteiger partial charge in [0.2, 0.25) is 11.5 Å². The molecule has 10 rings (SSSR count). The van der Waals surface area contributed by atoms with Gasteiger partial charge < -0.3 is 52.1 Å². The van der Waals surface area contributed by atoms with Gasteiger partial charge in [-0.05, 0) is 59.0 Å². The zero-order chi connectivity index (χ0) is 52.9. The first-order valence-electron chi connectivity index (χ1n) is 25.6. The number of benzene rings is 8. The summed E-state index contributed by atoms with van der Waals surface area (Å²) >= 11 is 0. The highest BCUT2D eigenvalue weighted by Gasteiger charge is 2.39. The summed E-state index contributed by atoms with van der Waals surface area (Å²) < 4.78 is 70.2. The quantitative estimate of drug-likeness (QED) is 0.0471. The third-order valence-electron chi connectivity index (χ3n) is 12.6. The molecule has 0 fully saturated rings. The zero-order valence-electron chi connectivity index (χ0n) is 43.0.